The quantitative estimate of drug-likeness (QED) is 0.795. The van der Waals surface area contributed by atoms with Gasteiger partial charge in [-0.3, -0.25) is 4.90 Å². The molecule has 2 rings (SSSR count). The first kappa shape index (κ1) is 11.7. The predicted molar refractivity (Wildman–Crippen MR) is 68.6 cm³/mol. The highest BCUT2D eigenvalue weighted by Gasteiger charge is 2.29. The Kier molecular flexibility index (Phi) is 4.79. The van der Waals surface area contributed by atoms with E-state index >= 15 is 0 Å². The SMILES string of the molecule is CNCC1CCCCN1C1CCCSC1. The molecule has 0 bridgehead atoms. The van der Waals surface area contributed by atoms with Gasteiger partial charge < -0.3 is 5.32 Å². The maximum absolute atomic E-state index is 3.36. The predicted octanol–water partition coefficient (Wildman–Crippen LogP) is 1.96. The van der Waals surface area contributed by atoms with Crippen molar-refractivity contribution in [3.05, 3.63) is 0 Å². The minimum Gasteiger partial charge on any atom is -0.318 e. The Morgan fingerprint density at radius 2 is 2.20 bits per heavy atom. The summed E-state index contributed by atoms with van der Waals surface area (Å²) >= 11 is 2.15. The first-order valence-corrected chi connectivity index (χ1v) is 7.55. The number of hydrogen-bond donors (Lipinski definition) is 1. The Labute approximate surface area is 98.2 Å². The van der Waals surface area contributed by atoms with Crippen molar-refractivity contribution in [2.45, 2.75) is 44.2 Å². The van der Waals surface area contributed by atoms with Crippen LogP contribution in [0.5, 0.6) is 0 Å². The fraction of sp³-hybridized carbons (Fsp3) is 1.00. The van der Waals surface area contributed by atoms with Crippen LogP contribution in [-0.4, -0.2) is 48.6 Å². The lowest BCUT2D eigenvalue weighted by atomic mass is 9.98. The Morgan fingerprint density at radius 3 is 2.93 bits per heavy atom. The number of rotatable bonds is 3. The summed E-state index contributed by atoms with van der Waals surface area (Å²) in [5.74, 6) is 2.77. The van der Waals surface area contributed by atoms with Crippen LogP contribution in [0.1, 0.15) is 32.1 Å². The van der Waals surface area contributed by atoms with E-state index in [0.29, 0.717) is 0 Å². The van der Waals surface area contributed by atoms with Gasteiger partial charge in [-0.05, 0) is 45.0 Å². The van der Waals surface area contributed by atoms with Gasteiger partial charge in [-0.2, -0.15) is 11.8 Å². The molecule has 2 atom stereocenters. The molecule has 0 aliphatic carbocycles. The number of likely N-dealkylation sites (N-methyl/N-ethyl adjacent to an activating group) is 1. The summed E-state index contributed by atoms with van der Waals surface area (Å²) in [5, 5.41) is 3.36. The first-order chi connectivity index (χ1) is 7.42. The van der Waals surface area contributed by atoms with E-state index in [1.165, 1.54) is 56.7 Å². The zero-order valence-electron chi connectivity index (χ0n) is 9.87. The van der Waals surface area contributed by atoms with E-state index in [4.69, 9.17) is 0 Å². The van der Waals surface area contributed by atoms with E-state index in [1.54, 1.807) is 0 Å². The highest BCUT2D eigenvalue weighted by atomic mass is 32.2. The molecule has 2 unspecified atom stereocenters. The average Bonchev–Trinajstić information content (AvgIpc) is 2.31. The Balaban J connectivity index is 1.90. The van der Waals surface area contributed by atoms with E-state index in [0.717, 1.165) is 12.1 Å². The van der Waals surface area contributed by atoms with E-state index in [9.17, 15) is 0 Å². The van der Waals surface area contributed by atoms with Gasteiger partial charge in [0.15, 0.2) is 0 Å². The minimum absolute atomic E-state index is 0.812. The number of nitrogens with one attached hydrogen (secondary N) is 1. The maximum Gasteiger partial charge on any atom is 0.0223 e. The summed E-state index contributed by atoms with van der Waals surface area (Å²) in [6, 6.07) is 1.69. The Morgan fingerprint density at radius 1 is 1.27 bits per heavy atom. The lowest BCUT2D eigenvalue weighted by Crippen LogP contribution is -2.51. The second-order valence-electron chi connectivity index (χ2n) is 4.82. The molecule has 3 heteroatoms. The molecular formula is C12H24N2S. The Bertz CT molecular complexity index is 168. The third kappa shape index (κ3) is 3.11. The number of piperidine rings is 1. The molecule has 0 radical (unpaired) electrons. The fourth-order valence-electron chi connectivity index (χ4n) is 2.94. The van der Waals surface area contributed by atoms with Crippen LogP contribution in [0, 0.1) is 0 Å². The zero-order valence-corrected chi connectivity index (χ0v) is 10.7. The van der Waals surface area contributed by atoms with Crippen LogP contribution in [0.25, 0.3) is 0 Å². The molecule has 0 amide bonds. The molecule has 0 spiro atoms. The summed E-state index contributed by atoms with van der Waals surface area (Å²) in [6.45, 7) is 2.53. The van der Waals surface area contributed by atoms with Gasteiger partial charge in [-0.25, -0.2) is 0 Å². The minimum atomic E-state index is 0.812. The molecule has 2 fully saturated rings. The highest BCUT2D eigenvalue weighted by molar-refractivity contribution is 7.99. The van der Waals surface area contributed by atoms with Crippen molar-refractivity contribution in [3.63, 3.8) is 0 Å². The smallest absolute Gasteiger partial charge is 0.0223 e. The summed E-state index contributed by atoms with van der Waals surface area (Å²) in [4.78, 5) is 2.80. The van der Waals surface area contributed by atoms with Gasteiger partial charge in [-0.15, -0.1) is 0 Å². The summed E-state index contributed by atoms with van der Waals surface area (Å²) in [7, 11) is 2.09. The third-order valence-corrected chi connectivity index (χ3v) is 4.92. The summed E-state index contributed by atoms with van der Waals surface area (Å²) in [5.41, 5.74) is 0. The van der Waals surface area contributed by atoms with E-state index < -0.39 is 0 Å². The molecule has 0 saturated carbocycles. The molecule has 2 saturated heterocycles. The lowest BCUT2D eigenvalue weighted by molar-refractivity contribution is 0.0991. The Hall–Kier alpha value is 0.270. The largest absolute Gasteiger partial charge is 0.318 e. The monoisotopic (exact) mass is 228 g/mol. The van der Waals surface area contributed by atoms with Crippen molar-refractivity contribution < 1.29 is 0 Å². The number of likely N-dealkylation sites (tertiary alicyclic amines) is 1. The summed E-state index contributed by atoms with van der Waals surface area (Å²) < 4.78 is 0. The van der Waals surface area contributed by atoms with Gasteiger partial charge in [-0.1, -0.05) is 6.42 Å². The highest BCUT2D eigenvalue weighted by Crippen LogP contribution is 2.27. The maximum atomic E-state index is 3.36. The molecule has 0 aromatic rings. The molecule has 88 valence electrons. The fourth-order valence-corrected chi connectivity index (χ4v) is 4.11. The first-order valence-electron chi connectivity index (χ1n) is 6.40. The van der Waals surface area contributed by atoms with Crippen LogP contribution in [0.3, 0.4) is 0 Å². The molecule has 2 aliphatic rings. The van der Waals surface area contributed by atoms with Gasteiger partial charge in [0.25, 0.3) is 0 Å². The average molecular weight is 228 g/mol. The van der Waals surface area contributed by atoms with Gasteiger partial charge in [0.05, 0.1) is 0 Å². The normalized spacial score (nSPS) is 34.2. The molecule has 2 heterocycles. The van der Waals surface area contributed by atoms with Crippen LogP contribution in [0.2, 0.25) is 0 Å². The molecule has 0 aromatic heterocycles. The topological polar surface area (TPSA) is 15.3 Å². The molecule has 0 aromatic carbocycles. The van der Waals surface area contributed by atoms with Gasteiger partial charge in [0.1, 0.15) is 0 Å². The van der Waals surface area contributed by atoms with Crippen LogP contribution in [-0.2, 0) is 0 Å². The molecule has 1 N–H and O–H groups in total. The molecule has 15 heavy (non-hydrogen) atoms. The van der Waals surface area contributed by atoms with E-state index in [-0.39, 0.29) is 0 Å². The number of hydrogen-bond acceptors (Lipinski definition) is 3. The van der Waals surface area contributed by atoms with Crippen molar-refractivity contribution in [1.29, 1.82) is 0 Å². The second kappa shape index (κ2) is 6.12. The van der Waals surface area contributed by atoms with E-state index in [1.807, 2.05) is 0 Å². The van der Waals surface area contributed by atoms with Crippen molar-refractivity contribution in [2.75, 3.05) is 31.6 Å². The van der Waals surface area contributed by atoms with Crippen molar-refractivity contribution >= 4 is 11.8 Å². The number of nitrogens with zero attached hydrogens (tertiary/aromatic N) is 1. The summed E-state index contributed by atoms with van der Waals surface area (Å²) in [6.07, 6.45) is 7.12. The van der Waals surface area contributed by atoms with Crippen molar-refractivity contribution in [3.8, 4) is 0 Å². The van der Waals surface area contributed by atoms with Crippen molar-refractivity contribution in [2.24, 2.45) is 0 Å². The van der Waals surface area contributed by atoms with Gasteiger partial charge >= 0.3 is 0 Å². The molecular weight excluding hydrogens is 204 g/mol. The van der Waals surface area contributed by atoms with Crippen LogP contribution in [0.4, 0.5) is 0 Å². The molecule has 2 nitrogen and oxygen atoms in total. The standard InChI is InChI=1S/C12H24N2S/c1-13-9-11-5-2-3-7-14(11)12-6-4-8-15-10-12/h11-13H,2-10H2,1H3. The van der Waals surface area contributed by atoms with Crippen molar-refractivity contribution in [1.82, 2.24) is 10.2 Å². The van der Waals surface area contributed by atoms with Crippen LogP contribution < -0.4 is 5.32 Å². The van der Waals surface area contributed by atoms with E-state index in [2.05, 4.69) is 29.0 Å². The zero-order chi connectivity index (χ0) is 10.5. The number of thioether (sulfide) groups is 1. The van der Waals surface area contributed by atoms with Gasteiger partial charge in [0.2, 0.25) is 0 Å². The third-order valence-electron chi connectivity index (χ3n) is 3.72. The second-order valence-corrected chi connectivity index (χ2v) is 5.97. The lowest BCUT2D eigenvalue weighted by Gasteiger charge is -2.42. The molecule has 2 aliphatic heterocycles. The van der Waals surface area contributed by atoms with Crippen LogP contribution in [0.15, 0.2) is 0 Å². The van der Waals surface area contributed by atoms with Crippen LogP contribution >= 0.6 is 11.8 Å². The van der Waals surface area contributed by atoms with Gasteiger partial charge in [0, 0.05) is 24.4 Å².